The number of piperazine rings is 1. The fourth-order valence-corrected chi connectivity index (χ4v) is 4.39. The van der Waals surface area contributed by atoms with Gasteiger partial charge in [-0.2, -0.15) is 0 Å². The van der Waals surface area contributed by atoms with E-state index in [-0.39, 0.29) is 10.9 Å². The third-order valence-electron chi connectivity index (χ3n) is 5.56. The van der Waals surface area contributed by atoms with Crippen LogP contribution in [0.2, 0.25) is 15.1 Å². The Hall–Kier alpha value is -2.24. The summed E-state index contributed by atoms with van der Waals surface area (Å²) in [5, 5.41) is 4.34. The first-order valence-electron chi connectivity index (χ1n) is 10.2. The number of rotatable bonds is 5. The summed E-state index contributed by atoms with van der Waals surface area (Å²) >= 11 is 18.5. The normalized spacial score (nSPS) is 14.5. The summed E-state index contributed by atoms with van der Waals surface area (Å²) < 4.78 is 0. The van der Waals surface area contributed by atoms with Crippen LogP contribution in [-0.4, -0.2) is 32.1 Å². The second kappa shape index (κ2) is 9.92. The van der Waals surface area contributed by atoms with E-state index in [0.717, 1.165) is 43.4 Å². The van der Waals surface area contributed by atoms with E-state index in [1.807, 2.05) is 42.5 Å². The van der Waals surface area contributed by atoms with Crippen molar-refractivity contribution in [2.45, 2.75) is 6.54 Å². The van der Waals surface area contributed by atoms with Crippen molar-refractivity contribution in [3.05, 3.63) is 92.9 Å². The maximum absolute atomic E-state index is 12.5. The Morgan fingerprint density at radius 2 is 1.55 bits per heavy atom. The van der Waals surface area contributed by atoms with Gasteiger partial charge in [0.15, 0.2) is 0 Å². The van der Waals surface area contributed by atoms with Gasteiger partial charge in [-0.1, -0.05) is 59.1 Å². The first-order chi connectivity index (χ1) is 15.0. The lowest BCUT2D eigenvalue weighted by Gasteiger charge is -2.34. The van der Waals surface area contributed by atoms with E-state index < -0.39 is 0 Å². The summed E-state index contributed by atoms with van der Waals surface area (Å²) in [5.41, 5.74) is 3.42. The Balaban J connectivity index is 1.33. The number of quaternary nitrogens is 1. The molecule has 2 N–H and O–H groups in total. The molecule has 7 heteroatoms. The number of carbonyl (C=O) groups excluding carboxylic acids is 1. The van der Waals surface area contributed by atoms with Gasteiger partial charge in [-0.05, 0) is 42.5 Å². The van der Waals surface area contributed by atoms with Gasteiger partial charge in [0.2, 0.25) is 0 Å². The molecule has 4 rings (SSSR count). The van der Waals surface area contributed by atoms with Crippen LogP contribution in [0.5, 0.6) is 0 Å². The molecule has 0 atom stereocenters. The lowest BCUT2D eigenvalue weighted by atomic mass is 10.1. The number of hydrogen-bond acceptors (Lipinski definition) is 2. The quantitative estimate of drug-likeness (QED) is 0.556. The molecule has 1 aliphatic heterocycles. The van der Waals surface area contributed by atoms with Crippen LogP contribution in [0.15, 0.2) is 66.7 Å². The van der Waals surface area contributed by atoms with Crippen molar-refractivity contribution in [3.63, 3.8) is 0 Å². The molecule has 3 aromatic carbocycles. The first-order valence-corrected chi connectivity index (χ1v) is 11.3. The highest BCUT2D eigenvalue weighted by Gasteiger charge is 2.21. The summed E-state index contributed by atoms with van der Waals surface area (Å²) in [6.45, 7) is 5.01. The van der Waals surface area contributed by atoms with Crippen molar-refractivity contribution in [1.29, 1.82) is 0 Å². The van der Waals surface area contributed by atoms with Gasteiger partial charge in [-0.15, -0.1) is 0 Å². The second-order valence-corrected chi connectivity index (χ2v) is 8.80. The van der Waals surface area contributed by atoms with Gasteiger partial charge >= 0.3 is 0 Å². The van der Waals surface area contributed by atoms with Crippen molar-refractivity contribution in [1.82, 2.24) is 0 Å². The molecule has 160 valence electrons. The molecule has 0 radical (unpaired) electrons. The zero-order valence-electron chi connectivity index (χ0n) is 16.9. The van der Waals surface area contributed by atoms with E-state index in [0.29, 0.717) is 16.3 Å². The molecule has 0 saturated carbocycles. The number of nitrogens with zero attached hydrogens (tertiary/aromatic N) is 1. The maximum Gasteiger partial charge on any atom is 0.257 e. The van der Waals surface area contributed by atoms with Crippen molar-refractivity contribution in [2.75, 3.05) is 36.4 Å². The summed E-state index contributed by atoms with van der Waals surface area (Å²) in [5.74, 6) is -0.281. The van der Waals surface area contributed by atoms with Crippen molar-refractivity contribution >= 4 is 52.1 Å². The Morgan fingerprint density at radius 1 is 0.871 bits per heavy atom. The molecule has 0 bridgehead atoms. The van der Waals surface area contributed by atoms with Crippen LogP contribution >= 0.6 is 34.8 Å². The third-order valence-corrected chi connectivity index (χ3v) is 6.74. The lowest BCUT2D eigenvalue weighted by Crippen LogP contribution is -3.13. The average Bonchev–Trinajstić information content (AvgIpc) is 2.78. The summed E-state index contributed by atoms with van der Waals surface area (Å²) in [7, 11) is 0. The molecule has 0 aromatic heterocycles. The smallest absolute Gasteiger partial charge is 0.257 e. The SMILES string of the molecule is O=C(Nc1ccc(N2CC[NH+](Cc3ccccc3Cl)CC2)cc1)c1cccc(Cl)c1Cl. The minimum atomic E-state index is -0.281. The number of carbonyl (C=O) groups is 1. The van der Waals surface area contributed by atoms with Crippen LogP contribution in [0.3, 0.4) is 0 Å². The van der Waals surface area contributed by atoms with Crippen molar-refractivity contribution in [3.8, 4) is 0 Å². The van der Waals surface area contributed by atoms with Gasteiger partial charge in [-0.3, -0.25) is 4.79 Å². The van der Waals surface area contributed by atoms with Crippen molar-refractivity contribution in [2.24, 2.45) is 0 Å². The maximum atomic E-state index is 12.5. The van der Waals surface area contributed by atoms with E-state index in [2.05, 4.69) is 16.3 Å². The lowest BCUT2D eigenvalue weighted by molar-refractivity contribution is -0.914. The van der Waals surface area contributed by atoms with Crippen molar-refractivity contribution < 1.29 is 9.69 Å². The summed E-state index contributed by atoms with van der Waals surface area (Å²) in [6.07, 6.45) is 0. The topological polar surface area (TPSA) is 36.8 Å². The van der Waals surface area contributed by atoms with Crippen LogP contribution in [0.1, 0.15) is 15.9 Å². The molecule has 0 unspecified atom stereocenters. The number of benzene rings is 3. The second-order valence-electron chi connectivity index (χ2n) is 7.61. The standard InChI is InChI=1S/C24H22Cl3N3O/c25-21-6-2-1-4-17(21)16-29-12-14-30(15-13-29)19-10-8-18(9-11-19)28-24(31)20-5-3-7-22(26)23(20)27/h1-11H,12-16H2,(H,28,31)/p+1. The van der Waals surface area contributed by atoms with Gasteiger partial charge in [-0.25, -0.2) is 0 Å². The van der Waals surface area contributed by atoms with E-state index in [1.54, 1.807) is 18.2 Å². The highest BCUT2D eigenvalue weighted by atomic mass is 35.5. The Bertz CT molecular complexity index is 1060. The molecule has 0 spiro atoms. The van der Waals surface area contributed by atoms with Crippen LogP contribution in [0.25, 0.3) is 0 Å². The van der Waals surface area contributed by atoms with Gasteiger partial charge in [0, 0.05) is 22.0 Å². The highest BCUT2D eigenvalue weighted by Crippen LogP contribution is 2.26. The largest absolute Gasteiger partial charge is 0.360 e. The minimum absolute atomic E-state index is 0.260. The van der Waals surface area contributed by atoms with Crippen LogP contribution in [0, 0.1) is 0 Å². The number of halogens is 3. The molecule has 31 heavy (non-hydrogen) atoms. The molecule has 1 aliphatic rings. The molecule has 1 heterocycles. The zero-order chi connectivity index (χ0) is 21.8. The fraction of sp³-hybridized carbons (Fsp3) is 0.208. The third kappa shape index (κ3) is 5.34. The Labute approximate surface area is 197 Å². The predicted molar refractivity (Wildman–Crippen MR) is 129 cm³/mol. The predicted octanol–water partition coefficient (Wildman–Crippen LogP) is 4.80. The number of anilines is 2. The summed E-state index contributed by atoms with van der Waals surface area (Å²) in [6, 6.07) is 21.0. The van der Waals surface area contributed by atoms with Crippen LogP contribution < -0.4 is 15.1 Å². The summed E-state index contributed by atoms with van der Waals surface area (Å²) in [4.78, 5) is 16.4. The van der Waals surface area contributed by atoms with Gasteiger partial charge in [0.25, 0.3) is 5.91 Å². The van der Waals surface area contributed by atoms with Crippen LogP contribution in [0.4, 0.5) is 11.4 Å². The van der Waals surface area contributed by atoms with Crippen LogP contribution in [-0.2, 0) is 6.54 Å². The number of nitrogens with one attached hydrogen (secondary N) is 2. The molecular weight excluding hydrogens is 453 g/mol. The van der Waals surface area contributed by atoms with E-state index in [1.165, 1.54) is 10.5 Å². The van der Waals surface area contributed by atoms with E-state index in [4.69, 9.17) is 34.8 Å². The Kier molecular flexibility index (Phi) is 7.03. The molecule has 1 saturated heterocycles. The van der Waals surface area contributed by atoms with E-state index in [9.17, 15) is 4.79 Å². The molecular formula is C24H23Cl3N3O+. The van der Waals surface area contributed by atoms with Gasteiger partial charge in [0.1, 0.15) is 6.54 Å². The minimum Gasteiger partial charge on any atom is -0.360 e. The molecule has 1 amide bonds. The number of amides is 1. The van der Waals surface area contributed by atoms with Gasteiger partial charge < -0.3 is 15.1 Å². The molecule has 4 nitrogen and oxygen atoms in total. The highest BCUT2D eigenvalue weighted by molar-refractivity contribution is 6.44. The Morgan fingerprint density at radius 3 is 2.26 bits per heavy atom. The zero-order valence-corrected chi connectivity index (χ0v) is 19.1. The van der Waals surface area contributed by atoms with E-state index >= 15 is 0 Å². The average molecular weight is 476 g/mol. The number of hydrogen-bond donors (Lipinski definition) is 2. The molecule has 3 aromatic rings. The monoisotopic (exact) mass is 474 g/mol. The molecule has 1 fully saturated rings. The molecule has 0 aliphatic carbocycles. The first kappa shape index (κ1) is 22.0. The fourth-order valence-electron chi connectivity index (χ4n) is 3.80. The van der Waals surface area contributed by atoms with Gasteiger partial charge in [0.05, 0.1) is 41.8 Å².